The first-order valence-electron chi connectivity index (χ1n) is 12.6. The molecule has 2 aliphatic rings. The van der Waals surface area contributed by atoms with Gasteiger partial charge in [0.1, 0.15) is 17.3 Å². The van der Waals surface area contributed by atoms with Crippen molar-refractivity contribution in [1.82, 2.24) is 14.1 Å². The number of imidazole rings is 1. The summed E-state index contributed by atoms with van der Waals surface area (Å²) in [5, 5.41) is 11.6. The van der Waals surface area contributed by atoms with Gasteiger partial charge in [0.25, 0.3) is 0 Å². The molecule has 1 atom stereocenters. The van der Waals surface area contributed by atoms with E-state index >= 15 is 0 Å². The average Bonchev–Trinajstić information content (AvgIpc) is 3.52. The second-order valence-electron chi connectivity index (χ2n) is 10.5. The number of aromatic hydroxyl groups is 1. The Morgan fingerprint density at radius 3 is 2.45 bits per heavy atom. The second-order valence-corrected chi connectivity index (χ2v) is 10.9. The lowest BCUT2D eigenvalue weighted by Gasteiger charge is -2.22. The molecule has 1 spiro atoms. The van der Waals surface area contributed by atoms with Crippen LogP contribution in [0.2, 0.25) is 5.02 Å². The molecule has 7 nitrogen and oxygen atoms in total. The third-order valence-corrected chi connectivity index (χ3v) is 8.46. The third kappa shape index (κ3) is 3.95. The van der Waals surface area contributed by atoms with E-state index in [1.807, 2.05) is 6.07 Å². The van der Waals surface area contributed by atoms with Crippen molar-refractivity contribution in [1.29, 1.82) is 0 Å². The van der Waals surface area contributed by atoms with Crippen LogP contribution in [-0.2, 0) is 7.05 Å². The summed E-state index contributed by atoms with van der Waals surface area (Å²) >= 11 is 6.54. The first-order chi connectivity index (χ1) is 18.2. The van der Waals surface area contributed by atoms with Gasteiger partial charge in [0.2, 0.25) is 5.88 Å². The Bertz CT molecular complexity index is 1620. The minimum absolute atomic E-state index is 0.0848. The molecule has 2 fully saturated rings. The molecule has 38 heavy (non-hydrogen) atoms. The molecule has 2 aromatic heterocycles. The summed E-state index contributed by atoms with van der Waals surface area (Å²) in [6.45, 7) is 4.12. The number of nitrogens with zero attached hydrogens (tertiary/aromatic N) is 4. The quantitative estimate of drug-likeness (QED) is 0.358. The normalized spacial score (nSPS) is 17.8. The van der Waals surface area contributed by atoms with Crippen molar-refractivity contribution < 1.29 is 14.2 Å². The molecule has 4 aromatic rings. The molecule has 196 valence electrons. The van der Waals surface area contributed by atoms with Crippen LogP contribution in [0, 0.1) is 17.2 Å². The Morgan fingerprint density at radius 1 is 1.11 bits per heavy atom. The molecule has 1 aliphatic heterocycles. The highest BCUT2D eigenvalue weighted by molar-refractivity contribution is 6.32. The molecule has 9 heteroatoms. The van der Waals surface area contributed by atoms with Crippen molar-refractivity contribution in [2.75, 3.05) is 25.1 Å². The van der Waals surface area contributed by atoms with Gasteiger partial charge in [-0.25, -0.2) is 14.2 Å². The molecule has 1 saturated carbocycles. The summed E-state index contributed by atoms with van der Waals surface area (Å²) in [5.74, 6) is 0.493. The summed E-state index contributed by atoms with van der Waals surface area (Å²) in [6.07, 6.45) is 7.32. The van der Waals surface area contributed by atoms with Gasteiger partial charge in [0.15, 0.2) is 0 Å². The lowest BCUT2D eigenvalue weighted by atomic mass is 9.95. The van der Waals surface area contributed by atoms with Gasteiger partial charge in [0, 0.05) is 55.4 Å². The van der Waals surface area contributed by atoms with Crippen LogP contribution in [0.1, 0.15) is 19.8 Å². The fourth-order valence-corrected chi connectivity index (χ4v) is 5.92. The molecule has 1 N–H and O–H groups in total. The number of benzene rings is 2. The van der Waals surface area contributed by atoms with Gasteiger partial charge in [0.05, 0.1) is 17.8 Å². The number of ether oxygens (including phenoxy) is 1. The van der Waals surface area contributed by atoms with Gasteiger partial charge in [-0.1, -0.05) is 24.6 Å². The van der Waals surface area contributed by atoms with Gasteiger partial charge < -0.3 is 19.3 Å². The molecule has 2 aromatic carbocycles. The monoisotopic (exact) mass is 534 g/mol. The molecule has 0 radical (unpaired) electrons. The molecule has 1 unspecified atom stereocenters. The number of hydrogen-bond acceptors (Lipinski definition) is 5. The fourth-order valence-electron chi connectivity index (χ4n) is 5.65. The van der Waals surface area contributed by atoms with E-state index in [0.717, 1.165) is 18.8 Å². The van der Waals surface area contributed by atoms with Gasteiger partial charge in [-0.3, -0.25) is 4.57 Å². The Morgan fingerprint density at radius 2 is 1.84 bits per heavy atom. The van der Waals surface area contributed by atoms with Gasteiger partial charge in [-0.2, -0.15) is 0 Å². The lowest BCUT2D eigenvalue weighted by Crippen LogP contribution is -2.21. The molecular formula is C29H28ClFN4O3. The van der Waals surface area contributed by atoms with Crippen LogP contribution in [0.15, 0.2) is 59.8 Å². The number of anilines is 1. The van der Waals surface area contributed by atoms with E-state index in [1.54, 1.807) is 50.9 Å². The highest BCUT2D eigenvalue weighted by Crippen LogP contribution is 2.57. The van der Waals surface area contributed by atoms with Crippen LogP contribution in [0.5, 0.6) is 11.6 Å². The number of aryl methyl sites for hydroxylation is 1. The number of hydrogen-bond donors (Lipinski definition) is 1. The van der Waals surface area contributed by atoms with Crippen LogP contribution in [0.4, 0.5) is 10.1 Å². The Kier molecular flexibility index (Phi) is 5.76. The standard InChI is InChI=1S/C29H28ClFN4O3/c1-17-15-34(16-29(17)6-7-29)25-11-19(14-32-27(25)38-3)22-13-20(31)12-21(26(22)36)18-4-5-24(23(30)10-18)35-9-8-33(2)28(35)37/h4-5,8-14,17,36H,6-7,15-16H2,1-3H3. The molecule has 0 bridgehead atoms. The van der Waals surface area contributed by atoms with E-state index < -0.39 is 5.82 Å². The maximum atomic E-state index is 14.9. The third-order valence-electron chi connectivity index (χ3n) is 8.15. The molecule has 1 saturated heterocycles. The van der Waals surface area contributed by atoms with E-state index in [9.17, 15) is 14.3 Å². The zero-order chi connectivity index (χ0) is 26.8. The van der Waals surface area contributed by atoms with Crippen molar-refractivity contribution >= 4 is 17.3 Å². The van der Waals surface area contributed by atoms with E-state index in [4.69, 9.17) is 16.3 Å². The van der Waals surface area contributed by atoms with E-state index in [1.165, 1.54) is 34.1 Å². The molecule has 1 aliphatic carbocycles. The number of pyridine rings is 1. The van der Waals surface area contributed by atoms with Crippen molar-refractivity contribution in [3.05, 3.63) is 76.3 Å². The molecule has 6 rings (SSSR count). The SMILES string of the molecule is COc1ncc(-c2cc(F)cc(-c3ccc(-n4ccn(C)c4=O)c(Cl)c3)c2O)cc1N1CC(C)C2(CC2)C1. The van der Waals surface area contributed by atoms with Crippen LogP contribution in [0.25, 0.3) is 27.9 Å². The number of phenols is 1. The number of phenolic OH excluding ortho intramolecular Hbond substituents is 1. The van der Waals surface area contributed by atoms with Crippen LogP contribution >= 0.6 is 11.6 Å². The number of rotatable bonds is 5. The predicted octanol–water partition coefficient (Wildman–Crippen LogP) is 5.65. The van der Waals surface area contributed by atoms with Gasteiger partial charge >= 0.3 is 5.69 Å². The lowest BCUT2D eigenvalue weighted by molar-refractivity contribution is 0.398. The Labute approximate surface area is 224 Å². The van der Waals surface area contributed by atoms with Crippen molar-refractivity contribution in [2.24, 2.45) is 18.4 Å². The Hall–Kier alpha value is -3.78. The minimum Gasteiger partial charge on any atom is -0.507 e. The highest BCUT2D eigenvalue weighted by Gasteiger charge is 2.53. The molecule has 3 heterocycles. The van der Waals surface area contributed by atoms with Gasteiger partial charge in [-0.05, 0) is 60.1 Å². The zero-order valence-electron chi connectivity index (χ0n) is 21.4. The predicted molar refractivity (Wildman–Crippen MR) is 146 cm³/mol. The minimum atomic E-state index is -0.503. The fraction of sp³-hybridized carbons (Fsp3) is 0.310. The first kappa shape index (κ1) is 24.6. The summed E-state index contributed by atoms with van der Waals surface area (Å²) in [5.41, 5.74) is 3.18. The van der Waals surface area contributed by atoms with E-state index in [2.05, 4.69) is 16.8 Å². The molecule has 0 amide bonds. The zero-order valence-corrected chi connectivity index (χ0v) is 22.2. The van der Waals surface area contributed by atoms with E-state index in [0.29, 0.717) is 44.6 Å². The summed E-state index contributed by atoms with van der Waals surface area (Å²) < 4.78 is 23.4. The largest absolute Gasteiger partial charge is 0.507 e. The van der Waals surface area contributed by atoms with Crippen molar-refractivity contribution in [2.45, 2.75) is 19.8 Å². The van der Waals surface area contributed by atoms with Crippen molar-refractivity contribution in [3.63, 3.8) is 0 Å². The maximum Gasteiger partial charge on any atom is 0.332 e. The average molecular weight is 535 g/mol. The summed E-state index contributed by atoms with van der Waals surface area (Å²) in [6, 6.07) is 9.50. The van der Waals surface area contributed by atoms with Crippen LogP contribution in [0.3, 0.4) is 0 Å². The van der Waals surface area contributed by atoms with E-state index in [-0.39, 0.29) is 17.0 Å². The summed E-state index contributed by atoms with van der Waals surface area (Å²) in [7, 11) is 3.24. The highest BCUT2D eigenvalue weighted by atomic mass is 35.5. The summed E-state index contributed by atoms with van der Waals surface area (Å²) in [4.78, 5) is 19.1. The van der Waals surface area contributed by atoms with Crippen LogP contribution in [-0.4, -0.2) is 39.4 Å². The second kappa shape index (κ2) is 8.91. The topological polar surface area (TPSA) is 72.5 Å². The first-order valence-corrected chi connectivity index (χ1v) is 12.9. The number of halogens is 2. The van der Waals surface area contributed by atoms with Gasteiger partial charge in [-0.15, -0.1) is 0 Å². The van der Waals surface area contributed by atoms with Crippen molar-refractivity contribution in [3.8, 4) is 39.6 Å². The van der Waals surface area contributed by atoms with Crippen LogP contribution < -0.4 is 15.3 Å². The maximum absolute atomic E-state index is 14.9. The number of aromatic nitrogens is 3. The Balaban J connectivity index is 1.40. The molecular weight excluding hydrogens is 507 g/mol. The smallest absolute Gasteiger partial charge is 0.332 e. The number of methoxy groups -OCH3 is 1.